The second-order valence-corrected chi connectivity index (χ2v) is 4.11. The van der Waals surface area contributed by atoms with Gasteiger partial charge in [0.1, 0.15) is 0 Å². The molecule has 0 heterocycles. The van der Waals surface area contributed by atoms with Crippen LogP contribution in [0, 0.1) is 0 Å². The average molecular weight is 228 g/mol. The molecule has 1 aromatic carbocycles. The smallest absolute Gasteiger partial charge is 0.275 e. The van der Waals surface area contributed by atoms with Gasteiger partial charge >= 0.3 is 0 Å². The third-order valence-corrected chi connectivity index (χ3v) is 2.94. The average Bonchev–Trinajstić information content (AvgIpc) is 2.28. The Hall–Kier alpha value is -0.960. The lowest BCUT2D eigenvalue weighted by molar-refractivity contribution is -0.0269. The fourth-order valence-electron chi connectivity index (χ4n) is 1.58. The number of aliphatic hydroxyl groups is 1. The molecule has 0 fully saturated rings. The van der Waals surface area contributed by atoms with E-state index in [1.807, 2.05) is 0 Å². The lowest BCUT2D eigenvalue weighted by Crippen LogP contribution is -2.15. The summed E-state index contributed by atoms with van der Waals surface area (Å²) in [4.78, 5) is 0. The van der Waals surface area contributed by atoms with E-state index in [0.29, 0.717) is 5.92 Å². The third kappa shape index (κ3) is 3.01. The van der Waals surface area contributed by atoms with Crippen LogP contribution >= 0.6 is 0 Å². The lowest BCUT2D eigenvalue weighted by atomic mass is 9.96. The standard InChI is InChI=1S/C13H18F2O/c1-3-10(2)11-4-6-12(7-5-11)13(14,15)8-9-16/h4-7,10,16H,3,8-9H2,1-2H3. The van der Waals surface area contributed by atoms with Crippen LogP contribution in [0.25, 0.3) is 0 Å². The number of halogens is 2. The second-order valence-electron chi connectivity index (χ2n) is 4.11. The molecule has 1 atom stereocenters. The van der Waals surface area contributed by atoms with Crippen molar-refractivity contribution in [3.63, 3.8) is 0 Å². The second kappa shape index (κ2) is 5.39. The Morgan fingerprint density at radius 3 is 2.25 bits per heavy atom. The monoisotopic (exact) mass is 228 g/mol. The number of rotatable bonds is 5. The lowest BCUT2D eigenvalue weighted by Gasteiger charge is -2.16. The van der Waals surface area contributed by atoms with E-state index in [2.05, 4.69) is 13.8 Å². The minimum atomic E-state index is -2.93. The molecule has 0 radical (unpaired) electrons. The van der Waals surface area contributed by atoms with Crippen LogP contribution in [0.5, 0.6) is 0 Å². The topological polar surface area (TPSA) is 20.2 Å². The Morgan fingerprint density at radius 2 is 1.81 bits per heavy atom. The first-order valence-electron chi connectivity index (χ1n) is 5.60. The van der Waals surface area contributed by atoms with E-state index in [-0.39, 0.29) is 5.56 Å². The summed E-state index contributed by atoms with van der Waals surface area (Å²) in [5.74, 6) is -2.54. The van der Waals surface area contributed by atoms with E-state index in [0.717, 1.165) is 12.0 Å². The van der Waals surface area contributed by atoms with Gasteiger partial charge in [-0.15, -0.1) is 0 Å². The number of hydrogen-bond acceptors (Lipinski definition) is 1. The molecule has 0 saturated carbocycles. The van der Waals surface area contributed by atoms with Crippen LogP contribution in [-0.2, 0) is 5.92 Å². The predicted octanol–water partition coefficient (Wildman–Crippen LogP) is 3.67. The molecule has 0 bridgehead atoms. The van der Waals surface area contributed by atoms with Gasteiger partial charge in [0, 0.05) is 18.6 Å². The van der Waals surface area contributed by atoms with Crippen molar-refractivity contribution in [1.29, 1.82) is 0 Å². The first kappa shape index (κ1) is 13.1. The molecule has 1 nitrogen and oxygen atoms in total. The quantitative estimate of drug-likeness (QED) is 0.815. The highest BCUT2D eigenvalue weighted by Crippen LogP contribution is 2.32. The maximum Gasteiger partial charge on any atom is 0.275 e. The summed E-state index contributed by atoms with van der Waals surface area (Å²) in [6.45, 7) is 3.64. The summed E-state index contributed by atoms with van der Waals surface area (Å²) >= 11 is 0. The maximum absolute atomic E-state index is 13.4. The van der Waals surface area contributed by atoms with Gasteiger partial charge < -0.3 is 5.11 Å². The van der Waals surface area contributed by atoms with Crippen LogP contribution < -0.4 is 0 Å². The van der Waals surface area contributed by atoms with Gasteiger partial charge in [-0.25, -0.2) is 8.78 Å². The van der Waals surface area contributed by atoms with Gasteiger partial charge in [-0.1, -0.05) is 38.1 Å². The molecule has 1 rings (SSSR count). The summed E-state index contributed by atoms with van der Waals surface area (Å²) in [6.07, 6.45) is 0.474. The Bertz CT molecular complexity index is 319. The van der Waals surface area contributed by atoms with E-state index >= 15 is 0 Å². The van der Waals surface area contributed by atoms with Gasteiger partial charge in [-0.3, -0.25) is 0 Å². The van der Waals surface area contributed by atoms with Crippen molar-refractivity contribution in [3.8, 4) is 0 Å². The fraction of sp³-hybridized carbons (Fsp3) is 0.538. The zero-order chi connectivity index (χ0) is 12.2. The largest absolute Gasteiger partial charge is 0.396 e. The summed E-state index contributed by atoms with van der Waals surface area (Å²) in [5.41, 5.74) is 1.06. The molecule has 0 aromatic heterocycles. The van der Waals surface area contributed by atoms with Gasteiger partial charge in [0.05, 0.1) is 0 Å². The molecule has 0 aliphatic heterocycles. The highest BCUT2D eigenvalue weighted by atomic mass is 19.3. The summed E-state index contributed by atoms with van der Waals surface area (Å²) in [7, 11) is 0. The SMILES string of the molecule is CCC(C)c1ccc(C(F)(F)CCO)cc1. The van der Waals surface area contributed by atoms with Crippen LogP contribution in [-0.4, -0.2) is 11.7 Å². The van der Waals surface area contributed by atoms with Crippen molar-refractivity contribution < 1.29 is 13.9 Å². The van der Waals surface area contributed by atoms with Crippen molar-refractivity contribution in [1.82, 2.24) is 0 Å². The number of hydrogen-bond donors (Lipinski definition) is 1. The Morgan fingerprint density at radius 1 is 1.25 bits per heavy atom. The number of aliphatic hydroxyl groups excluding tert-OH is 1. The first-order valence-corrected chi connectivity index (χ1v) is 5.60. The molecule has 90 valence electrons. The number of benzene rings is 1. The van der Waals surface area contributed by atoms with Crippen LogP contribution in [0.1, 0.15) is 43.7 Å². The molecule has 0 aliphatic carbocycles. The molecule has 0 saturated heterocycles. The maximum atomic E-state index is 13.4. The highest BCUT2D eigenvalue weighted by Gasteiger charge is 2.30. The van der Waals surface area contributed by atoms with Crippen molar-refractivity contribution in [2.24, 2.45) is 0 Å². The number of alkyl halides is 2. The fourth-order valence-corrected chi connectivity index (χ4v) is 1.58. The van der Waals surface area contributed by atoms with E-state index in [4.69, 9.17) is 5.11 Å². The van der Waals surface area contributed by atoms with Gasteiger partial charge in [-0.05, 0) is 17.9 Å². The van der Waals surface area contributed by atoms with Crippen LogP contribution in [0.3, 0.4) is 0 Å². The highest BCUT2D eigenvalue weighted by molar-refractivity contribution is 5.27. The van der Waals surface area contributed by atoms with Crippen LogP contribution in [0.2, 0.25) is 0 Å². The van der Waals surface area contributed by atoms with E-state index in [1.165, 1.54) is 12.1 Å². The molecule has 1 unspecified atom stereocenters. The van der Waals surface area contributed by atoms with E-state index in [9.17, 15) is 8.78 Å². The third-order valence-electron chi connectivity index (χ3n) is 2.94. The molecule has 16 heavy (non-hydrogen) atoms. The molecule has 1 aromatic rings. The molecule has 0 aliphatic rings. The molecule has 3 heteroatoms. The summed E-state index contributed by atoms with van der Waals surface area (Å²) < 4.78 is 26.8. The normalized spacial score (nSPS) is 13.8. The van der Waals surface area contributed by atoms with Crippen molar-refractivity contribution >= 4 is 0 Å². The van der Waals surface area contributed by atoms with Crippen molar-refractivity contribution in [3.05, 3.63) is 35.4 Å². The molecule has 0 spiro atoms. The Labute approximate surface area is 95.1 Å². The predicted molar refractivity (Wildman–Crippen MR) is 60.7 cm³/mol. The first-order chi connectivity index (χ1) is 7.51. The van der Waals surface area contributed by atoms with Crippen LogP contribution in [0.15, 0.2) is 24.3 Å². The van der Waals surface area contributed by atoms with Gasteiger partial charge in [0.25, 0.3) is 5.92 Å². The summed E-state index contributed by atoms with van der Waals surface area (Å²) in [5, 5.41) is 8.56. The van der Waals surface area contributed by atoms with Gasteiger partial charge in [0.15, 0.2) is 0 Å². The molecule has 1 N–H and O–H groups in total. The Balaban J connectivity index is 2.86. The summed E-state index contributed by atoms with van der Waals surface area (Å²) in [6, 6.07) is 6.40. The van der Waals surface area contributed by atoms with Gasteiger partial charge in [0.2, 0.25) is 0 Å². The van der Waals surface area contributed by atoms with Crippen molar-refractivity contribution in [2.45, 2.75) is 38.5 Å². The minimum Gasteiger partial charge on any atom is -0.396 e. The van der Waals surface area contributed by atoms with E-state index in [1.54, 1.807) is 12.1 Å². The molecule has 0 amide bonds. The molecular formula is C13H18F2O. The molecular weight excluding hydrogens is 210 g/mol. The van der Waals surface area contributed by atoms with Crippen LogP contribution in [0.4, 0.5) is 8.78 Å². The zero-order valence-corrected chi connectivity index (χ0v) is 9.71. The Kier molecular flexibility index (Phi) is 4.42. The minimum absolute atomic E-state index is 0.0198. The zero-order valence-electron chi connectivity index (χ0n) is 9.71. The van der Waals surface area contributed by atoms with E-state index < -0.39 is 19.0 Å². The van der Waals surface area contributed by atoms with Crippen molar-refractivity contribution in [2.75, 3.05) is 6.61 Å². The van der Waals surface area contributed by atoms with Gasteiger partial charge in [-0.2, -0.15) is 0 Å².